The predicted octanol–water partition coefficient (Wildman–Crippen LogP) is 17.9. The summed E-state index contributed by atoms with van der Waals surface area (Å²) < 4.78 is 216. The lowest BCUT2D eigenvalue weighted by Crippen LogP contribution is -2.28. The molecule has 0 aliphatic heterocycles. The number of nitrogen functional groups attached to an aromatic ring is 1. The lowest BCUT2D eigenvalue weighted by atomic mass is 9.94. The molecule has 2 unspecified atom stereocenters. The fourth-order valence-electron chi connectivity index (χ4n) is 9.15. The molecule has 596 valence electrons. The van der Waals surface area contributed by atoms with Gasteiger partial charge in [-0.1, -0.05) is 129 Å². The number of aromatic nitrogens is 3. The minimum atomic E-state index is -4.90. The molecule has 0 bridgehead atoms. The Morgan fingerprint density at radius 1 is 0.459 bits per heavy atom. The number of aldehydes is 1. The topological polar surface area (TPSA) is 347 Å². The van der Waals surface area contributed by atoms with E-state index in [0.717, 1.165) is 84.6 Å². The Morgan fingerprint density at radius 2 is 0.820 bits per heavy atom. The monoisotopic (exact) mass is 1730 g/mol. The number of aliphatic hydroxyl groups is 2. The smallest absolute Gasteiger partial charge is 0.417 e. The second-order valence-electron chi connectivity index (χ2n) is 24.9. The summed E-state index contributed by atoms with van der Waals surface area (Å²) >= 11 is 34.3. The molecule has 0 radical (unpaired) electrons. The lowest BCUT2D eigenvalue weighted by molar-refractivity contribution is -0.138. The van der Waals surface area contributed by atoms with E-state index in [1.807, 2.05) is 43.7 Å². The van der Waals surface area contributed by atoms with Crippen molar-refractivity contribution in [1.82, 2.24) is 15.0 Å². The number of amides is 2. The highest BCUT2D eigenvalue weighted by Gasteiger charge is 2.39. The van der Waals surface area contributed by atoms with E-state index in [0.29, 0.717) is 18.2 Å². The molecule has 9 aromatic rings. The normalized spacial score (nSPS) is 12.5. The minimum Gasteiger partial charge on any atom is -0.497 e. The zero-order valence-electron chi connectivity index (χ0n) is 58.8. The Hall–Kier alpha value is -9.14. The van der Waals surface area contributed by atoms with Gasteiger partial charge in [-0.25, -0.2) is 30.2 Å². The number of benzene rings is 6. The lowest BCUT2D eigenvalue weighted by Gasteiger charge is -2.23. The third-order valence-electron chi connectivity index (χ3n) is 14.8. The van der Waals surface area contributed by atoms with Crippen LogP contribution in [0.1, 0.15) is 103 Å². The number of nitrogens with two attached hydrogens (primary N) is 1. The number of anilines is 6. The van der Waals surface area contributed by atoms with E-state index in [9.17, 15) is 89.4 Å². The Balaban J connectivity index is 0.000000242. The van der Waals surface area contributed by atoms with Crippen molar-refractivity contribution in [2.75, 3.05) is 51.9 Å². The van der Waals surface area contributed by atoms with Crippen LogP contribution in [0.2, 0.25) is 30.1 Å². The number of halogens is 15. The number of carbonyl (C=O) groups excluding carboxylic acids is 3. The van der Waals surface area contributed by atoms with Crippen molar-refractivity contribution in [3.63, 3.8) is 0 Å². The molecule has 111 heavy (non-hydrogen) atoms. The van der Waals surface area contributed by atoms with Crippen molar-refractivity contribution in [2.24, 2.45) is 10.8 Å². The summed E-state index contributed by atoms with van der Waals surface area (Å²) in [6, 6.07) is 26.2. The van der Waals surface area contributed by atoms with Crippen LogP contribution in [-0.4, -0.2) is 89.8 Å². The highest BCUT2D eigenvalue weighted by atomic mass is 35.5. The summed E-state index contributed by atoms with van der Waals surface area (Å²) in [6.07, 6.45) is -14.1. The van der Waals surface area contributed by atoms with Crippen LogP contribution in [0, 0.1) is 10.8 Å². The molecule has 0 aliphatic carbocycles. The Morgan fingerprint density at radius 3 is 1.21 bits per heavy atom. The maximum Gasteiger partial charge on any atom is 0.417 e. The number of nitrogens with zero attached hydrogens (tertiary/aromatic N) is 3. The molecule has 6 aromatic carbocycles. The number of alkyl halides is 9. The predicted molar refractivity (Wildman–Crippen MR) is 403 cm³/mol. The van der Waals surface area contributed by atoms with Crippen LogP contribution < -0.4 is 44.7 Å². The van der Waals surface area contributed by atoms with Gasteiger partial charge in [0.1, 0.15) is 35.2 Å². The van der Waals surface area contributed by atoms with Crippen LogP contribution in [-0.2, 0) is 58.2 Å². The number of rotatable bonds is 19. The van der Waals surface area contributed by atoms with Crippen LogP contribution in [0.25, 0.3) is 0 Å². The van der Waals surface area contributed by atoms with Crippen molar-refractivity contribution in [3.8, 4) is 17.2 Å². The Labute approximate surface area is 660 Å². The van der Waals surface area contributed by atoms with Gasteiger partial charge in [-0.2, -0.15) is 39.5 Å². The first-order chi connectivity index (χ1) is 51.3. The maximum atomic E-state index is 13.3. The van der Waals surface area contributed by atoms with E-state index in [-0.39, 0.29) is 107 Å². The largest absolute Gasteiger partial charge is 0.497 e. The van der Waals surface area contributed by atoms with E-state index in [1.165, 1.54) is 38.5 Å². The molecule has 2 amide bonds. The number of hydrogen-bond donors (Lipinski definition) is 8. The van der Waals surface area contributed by atoms with Crippen LogP contribution in [0.4, 0.5) is 73.6 Å². The van der Waals surface area contributed by atoms with Gasteiger partial charge < -0.3 is 40.8 Å². The molecule has 0 saturated heterocycles. The standard InChI is InChI=1S/C25H24Cl2F3N3O5S.C20H16Cl2F3N3O4S.C13H7Cl2F3N2O3S.C12H17NO2/c1-24(2,3)23(35)32-17-6-5-7-19(38-4)20(17)22(34)21-18(10-13(26)12-31-21)33-39(36,37)14-8-9-16(27)15(11-14)25(28,29)30;1-32-16-4-2-3-14(26)17(16)19(29)18-15(7-10(21)9-27-18)28-33(30,31)11-5-6-13(22)12(8-11)20(23,24)25;14-7-3-11(12(6-21)19-5-7)20-24(22,23)8-1-2-10(15)9(4-8)13(16,17)18;1-12(2,3)11(14)13-9-6-5-7-10(8-9)15-4/h5-12,22,33-34H,1-4H3,(H,32,35);2-9,19,28-29H,26H2,1H3;1-6,20H;5-8H,1-4H3,(H,13,14). The summed E-state index contributed by atoms with van der Waals surface area (Å²) in [6.45, 7) is 10.7. The molecule has 3 aromatic heterocycles. The number of nitrogens with one attached hydrogen (secondary N) is 5. The molecule has 0 fully saturated rings. The second kappa shape index (κ2) is 36.6. The van der Waals surface area contributed by atoms with Crippen molar-refractivity contribution in [1.29, 1.82) is 0 Å². The SMILES string of the molecule is COc1cccc(N)c1C(O)c1ncc(Cl)cc1NS(=O)(=O)c1ccc(Cl)c(C(F)(F)F)c1.COc1cccc(NC(=O)C(C)(C)C)c1.COc1cccc(NC(=O)C(C)(C)C)c1C(O)c1ncc(Cl)cc1NS(=O)(=O)c1ccc(Cl)c(C(F)(F)F)c1.O=Cc1ncc(Cl)cc1NS(=O)(=O)c1ccc(Cl)c(C(F)(F)F)c1. The van der Waals surface area contributed by atoms with E-state index in [4.69, 9.17) is 89.5 Å². The van der Waals surface area contributed by atoms with Crippen molar-refractivity contribution < 1.29 is 104 Å². The highest BCUT2D eigenvalue weighted by molar-refractivity contribution is 7.93. The van der Waals surface area contributed by atoms with Gasteiger partial charge >= 0.3 is 18.5 Å². The van der Waals surface area contributed by atoms with Gasteiger partial charge in [-0.3, -0.25) is 38.5 Å². The third kappa shape index (κ3) is 24.2. The van der Waals surface area contributed by atoms with Gasteiger partial charge in [0, 0.05) is 46.9 Å². The van der Waals surface area contributed by atoms with Gasteiger partial charge in [-0.15, -0.1) is 0 Å². The molecular formula is C70H64Cl6F9N9O14S3. The Kier molecular flexibility index (Phi) is 29.9. The molecule has 0 saturated carbocycles. The number of hydrogen-bond acceptors (Lipinski definition) is 18. The first kappa shape index (κ1) is 90.7. The molecule has 0 aliphatic rings. The van der Waals surface area contributed by atoms with Gasteiger partial charge in [-0.05, 0) is 109 Å². The molecule has 3 heterocycles. The Bertz CT molecular complexity index is 5300. The summed E-state index contributed by atoms with van der Waals surface area (Å²) in [7, 11) is -9.37. The molecular weight excluding hydrogens is 1670 g/mol. The molecule has 23 nitrogen and oxygen atoms in total. The first-order valence-corrected chi connectivity index (χ1v) is 37.8. The number of sulfonamides is 3. The van der Waals surface area contributed by atoms with Crippen molar-refractivity contribution in [2.45, 2.75) is 87.0 Å². The summed E-state index contributed by atoms with van der Waals surface area (Å²) in [4.78, 5) is 44.8. The molecule has 0 spiro atoms. The first-order valence-electron chi connectivity index (χ1n) is 31.1. The summed E-state index contributed by atoms with van der Waals surface area (Å²) in [5.41, 5.74) is 0.448. The average Bonchev–Trinajstić information content (AvgIpc) is 0.806. The number of carbonyl (C=O) groups is 3. The molecule has 9 rings (SSSR count). The van der Waals surface area contributed by atoms with Crippen LogP contribution >= 0.6 is 69.6 Å². The van der Waals surface area contributed by atoms with E-state index >= 15 is 0 Å². The molecule has 2 atom stereocenters. The minimum absolute atomic E-state index is 0.00346. The van der Waals surface area contributed by atoms with Crippen LogP contribution in [0.5, 0.6) is 17.2 Å². The van der Waals surface area contributed by atoms with Crippen molar-refractivity contribution in [3.05, 3.63) is 227 Å². The van der Waals surface area contributed by atoms with E-state index in [1.54, 1.807) is 46.1 Å². The van der Waals surface area contributed by atoms with Gasteiger partial charge in [0.15, 0.2) is 6.29 Å². The highest BCUT2D eigenvalue weighted by Crippen LogP contribution is 2.44. The molecule has 9 N–H and O–H groups in total. The molecule has 41 heteroatoms. The zero-order chi connectivity index (χ0) is 83.5. The van der Waals surface area contributed by atoms with Crippen LogP contribution in [0.15, 0.2) is 167 Å². The van der Waals surface area contributed by atoms with Gasteiger partial charge in [0.2, 0.25) is 11.8 Å². The number of ether oxygens (including phenoxy) is 3. The number of pyridine rings is 3. The number of methoxy groups -OCH3 is 3. The van der Waals surface area contributed by atoms with E-state index in [2.05, 4.69) is 35.0 Å². The fraction of sp³-hybridized carbons (Fsp3) is 0.229. The van der Waals surface area contributed by atoms with Crippen molar-refractivity contribution >= 4 is 152 Å². The summed E-state index contributed by atoms with van der Waals surface area (Å²) in [5.74, 6) is 0.711. The van der Waals surface area contributed by atoms with Gasteiger partial charge in [0.05, 0.1) is 128 Å². The van der Waals surface area contributed by atoms with Crippen LogP contribution in [0.3, 0.4) is 0 Å². The number of aliphatic hydroxyl groups excluding tert-OH is 2. The second-order valence-corrected chi connectivity index (χ2v) is 32.5. The van der Waals surface area contributed by atoms with E-state index < -0.39 is 113 Å². The summed E-state index contributed by atoms with van der Waals surface area (Å²) in [5, 5.41) is 25.9. The average molecular weight is 1740 g/mol. The zero-order valence-corrected chi connectivity index (χ0v) is 65.8. The fourth-order valence-corrected chi connectivity index (χ4v) is 13.6. The van der Waals surface area contributed by atoms with Gasteiger partial charge in [0.25, 0.3) is 30.1 Å². The quantitative estimate of drug-likeness (QED) is 0.0212. The maximum absolute atomic E-state index is 13.3. The third-order valence-corrected chi connectivity index (χ3v) is 20.5.